The molecule has 2 aromatic rings. The molecule has 19 heavy (non-hydrogen) atoms. The number of piperidine rings is 1. The molecule has 1 aromatic carbocycles. The molecular formula is C16H20N2O. The largest absolute Gasteiger partial charge is 0.506 e. The van der Waals surface area contributed by atoms with Gasteiger partial charge in [0.05, 0.1) is 0 Å². The number of para-hydroxylation sites is 1. The van der Waals surface area contributed by atoms with Crippen LogP contribution in [0.25, 0.3) is 10.9 Å². The van der Waals surface area contributed by atoms with Crippen molar-refractivity contribution in [1.29, 1.82) is 0 Å². The summed E-state index contributed by atoms with van der Waals surface area (Å²) in [4.78, 5) is 7.07. The molecule has 1 unspecified atom stereocenters. The van der Waals surface area contributed by atoms with Gasteiger partial charge in [0.1, 0.15) is 17.1 Å². The molecule has 0 saturated carbocycles. The van der Waals surface area contributed by atoms with E-state index in [1.165, 1.54) is 19.3 Å². The van der Waals surface area contributed by atoms with E-state index < -0.39 is 0 Å². The predicted octanol–water partition coefficient (Wildman–Crippen LogP) is 3.71. The van der Waals surface area contributed by atoms with Gasteiger partial charge >= 0.3 is 0 Å². The number of phenolic OH excluding ortho intramolecular Hbond substituents is 1. The van der Waals surface area contributed by atoms with E-state index in [1.807, 2.05) is 12.1 Å². The van der Waals surface area contributed by atoms with Gasteiger partial charge in [0.25, 0.3) is 0 Å². The van der Waals surface area contributed by atoms with E-state index in [-0.39, 0.29) is 5.75 Å². The maximum atomic E-state index is 9.94. The van der Waals surface area contributed by atoms with Crippen LogP contribution in [0.1, 0.15) is 32.6 Å². The number of pyridine rings is 1. The third-order valence-electron chi connectivity index (χ3n) is 4.08. The van der Waals surface area contributed by atoms with Crippen LogP contribution in [0.3, 0.4) is 0 Å². The van der Waals surface area contributed by atoms with Crippen LogP contribution < -0.4 is 4.90 Å². The van der Waals surface area contributed by atoms with Crippen LogP contribution in [0.4, 0.5) is 5.82 Å². The van der Waals surface area contributed by atoms with Crippen LogP contribution in [0.15, 0.2) is 30.3 Å². The molecule has 100 valence electrons. The molecule has 1 fully saturated rings. The van der Waals surface area contributed by atoms with Gasteiger partial charge in [-0.1, -0.05) is 19.1 Å². The molecule has 1 aliphatic rings. The van der Waals surface area contributed by atoms with E-state index in [0.717, 1.165) is 24.2 Å². The van der Waals surface area contributed by atoms with Crippen molar-refractivity contribution in [1.82, 2.24) is 4.98 Å². The first kappa shape index (κ1) is 12.3. The first-order chi connectivity index (χ1) is 9.29. The van der Waals surface area contributed by atoms with Crippen LogP contribution in [0.2, 0.25) is 0 Å². The molecule has 1 atom stereocenters. The Hall–Kier alpha value is -1.77. The number of fused-ring (bicyclic) bond motifs is 1. The summed E-state index contributed by atoms with van der Waals surface area (Å²) < 4.78 is 0. The van der Waals surface area contributed by atoms with Crippen molar-refractivity contribution in [3.63, 3.8) is 0 Å². The molecule has 1 aliphatic heterocycles. The van der Waals surface area contributed by atoms with Crippen molar-refractivity contribution >= 4 is 16.7 Å². The van der Waals surface area contributed by atoms with Crippen LogP contribution in [0, 0.1) is 0 Å². The van der Waals surface area contributed by atoms with Crippen molar-refractivity contribution in [3.05, 3.63) is 30.3 Å². The zero-order chi connectivity index (χ0) is 13.2. The van der Waals surface area contributed by atoms with Gasteiger partial charge in [-0.15, -0.1) is 0 Å². The summed E-state index contributed by atoms with van der Waals surface area (Å²) in [5, 5.41) is 10.9. The quantitative estimate of drug-likeness (QED) is 0.889. The first-order valence-electron chi connectivity index (χ1n) is 7.15. The van der Waals surface area contributed by atoms with Crippen molar-refractivity contribution < 1.29 is 5.11 Å². The van der Waals surface area contributed by atoms with Crippen LogP contribution in [-0.4, -0.2) is 22.7 Å². The lowest BCUT2D eigenvalue weighted by molar-refractivity contribution is 0.446. The van der Waals surface area contributed by atoms with Crippen molar-refractivity contribution in [2.75, 3.05) is 11.4 Å². The average molecular weight is 256 g/mol. The molecular weight excluding hydrogens is 236 g/mol. The molecule has 3 heteroatoms. The molecule has 0 radical (unpaired) electrons. The lowest BCUT2D eigenvalue weighted by Gasteiger charge is -2.36. The van der Waals surface area contributed by atoms with Crippen molar-refractivity contribution in [2.45, 2.75) is 38.6 Å². The summed E-state index contributed by atoms with van der Waals surface area (Å²) in [6, 6.07) is 10.3. The van der Waals surface area contributed by atoms with Gasteiger partial charge < -0.3 is 10.0 Å². The van der Waals surface area contributed by atoms with E-state index in [4.69, 9.17) is 0 Å². The topological polar surface area (TPSA) is 36.4 Å². The zero-order valence-corrected chi connectivity index (χ0v) is 11.3. The monoisotopic (exact) mass is 256 g/mol. The molecule has 0 spiro atoms. The maximum absolute atomic E-state index is 9.94. The second-order valence-electron chi connectivity index (χ2n) is 5.27. The van der Waals surface area contributed by atoms with Crippen molar-refractivity contribution in [2.24, 2.45) is 0 Å². The first-order valence-corrected chi connectivity index (χ1v) is 7.15. The van der Waals surface area contributed by atoms with E-state index in [0.29, 0.717) is 11.6 Å². The highest BCUT2D eigenvalue weighted by molar-refractivity contribution is 5.85. The lowest BCUT2D eigenvalue weighted by atomic mass is 10.00. The number of nitrogens with zero attached hydrogens (tertiary/aromatic N) is 2. The highest BCUT2D eigenvalue weighted by Gasteiger charge is 2.22. The summed E-state index contributed by atoms with van der Waals surface area (Å²) in [7, 11) is 0. The standard InChI is InChI=1S/C16H20N2O/c1-2-13-7-3-4-11-18(13)15-10-9-12-6-5-8-14(19)16(12)17-15/h5-6,8-10,13,19H,2-4,7,11H2,1H3. The Balaban J connectivity index is 2.02. The second-order valence-corrected chi connectivity index (χ2v) is 5.27. The fourth-order valence-electron chi connectivity index (χ4n) is 3.01. The van der Waals surface area contributed by atoms with E-state index in [1.54, 1.807) is 6.07 Å². The molecule has 3 nitrogen and oxygen atoms in total. The summed E-state index contributed by atoms with van der Waals surface area (Å²) >= 11 is 0. The highest BCUT2D eigenvalue weighted by Crippen LogP contribution is 2.29. The molecule has 3 rings (SSSR count). The zero-order valence-electron chi connectivity index (χ0n) is 11.3. The number of hydrogen-bond acceptors (Lipinski definition) is 3. The second kappa shape index (κ2) is 5.08. The smallest absolute Gasteiger partial charge is 0.141 e. The van der Waals surface area contributed by atoms with Crippen LogP contribution >= 0.6 is 0 Å². The van der Waals surface area contributed by atoms with Crippen molar-refractivity contribution in [3.8, 4) is 5.75 Å². The molecule has 0 amide bonds. The minimum Gasteiger partial charge on any atom is -0.506 e. The molecule has 0 bridgehead atoms. The fraction of sp³-hybridized carbons (Fsp3) is 0.438. The summed E-state index contributed by atoms with van der Waals surface area (Å²) in [6.07, 6.45) is 4.95. The Labute approximate surface area is 113 Å². The van der Waals surface area contributed by atoms with E-state index >= 15 is 0 Å². The Morgan fingerprint density at radius 3 is 3.00 bits per heavy atom. The minimum absolute atomic E-state index is 0.268. The van der Waals surface area contributed by atoms with Gasteiger partial charge in [-0.25, -0.2) is 4.98 Å². The SMILES string of the molecule is CCC1CCCCN1c1ccc2cccc(O)c2n1. The number of hydrogen-bond donors (Lipinski definition) is 1. The normalized spacial score (nSPS) is 19.8. The highest BCUT2D eigenvalue weighted by atomic mass is 16.3. The number of phenols is 1. The van der Waals surface area contributed by atoms with Gasteiger partial charge in [0, 0.05) is 18.0 Å². The molecule has 2 heterocycles. The molecule has 1 N–H and O–H groups in total. The summed E-state index contributed by atoms with van der Waals surface area (Å²) in [6.45, 7) is 3.31. The van der Waals surface area contributed by atoms with Crippen LogP contribution in [-0.2, 0) is 0 Å². The van der Waals surface area contributed by atoms with Gasteiger partial charge in [-0.05, 0) is 43.9 Å². The summed E-state index contributed by atoms with van der Waals surface area (Å²) in [5.41, 5.74) is 0.709. The average Bonchev–Trinajstić information content (AvgIpc) is 2.47. The Morgan fingerprint density at radius 2 is 2.16 bits per heavy atom. The number of aromatic hydroxyl groups is 1. The number of anilines is 1. The van der Waals surface area contributed by atoms with Gasteiger partial charge in [-0.3, -0.25) is 0 Å². The third kappa shape index (κ3) is 2.25. The molecule has 1 aromatic heterocycles. The van der Waals surface area contributed by atoms with Crippen LogP contribution in [0.5, 0.6) is 5.75 Å². The van der Waals surface area contributed by atoms with Gasteiger partial charge in [-0.2, -0.15) is 0 Å². The Kier molecular flexibility index (Phi) is 3.28. The maximum Gasteiger partial charge on any atom is 0.141 e. The number of benzene rings is 1. The summed E-state index contributed by atoms with van der Waals surface area (Å²) in [5.74, 6) is 1.27. The molecule has 1 saturated heterocycles. The Bertz CT molecular complexity index is 582. The number of aromatic nitrogens is 1. The lowest BCUT2D eigenvalue weighted by Crippen LogP contribution is -2.39. The minimum atomic E-state index is 0.268. The van der Waals surface area contributed by atoms with E-state index in [2.05, 4.69) is 28.9 Å². The van der Waals surface area contributed by atoms with Gasteiger partial charge in [0.15, 0.2) is 0 Å². The third-order valence-corrected chi connectivity index (χ3v) is 4.08. The Morgan fingerprint density at radius 1 is 1.26 bits per heavy atom. The molecule has 0 aliphatic carbocycles. The fourth-order valence-corrected chi connectivity index (χ4v) is 3.01. The number of rotatable bonds is 2. The van der Waals surface area contributed by atoms with E-state index in [9.17, 15) is 5.11 Å². The predicted molar refractivity (Wildman–Crippen MR) is 78.7 cm³/mol. The van der Waals surface area contributed by atoms with Gasteiger partial charge in [0.2, 0.25) is 0 Å².